The molecule has 0 aliphatic carbocycles. The molecule has 0 aliphatic heterocycles. The van der Waals surface area contributed by atoms with E-state index in [4.69, 9.17) is 4.52 Å². The predicted molar refractivity (Wildman–Crippen MR) is 118 cm³/mol. The third-order valence-corrected chi connectivity index (χ3v) is 6.01. The Hall–Kier alpha value is -3.20. The van der Waals surface area contributed by atoms with E-state index in [0.29, 0.717) is 28.8 Å². The Morgan fingerprint density at radius 2 is 1.94 bits per heavy atom. The molecule has 0 N–H and O–H groups in total. The van der Waals surface area contributed by atoms with Crippen LogP contribution in [0.25, 0.3) is 5.78 Å². The predicted octanol–water partition coefficient (Wildman–Crippen LogP) is 3.91. The maximum atomic E-state index is 13.2. The van der Waals surface area contributed by atoms with E-state index >= 15 is 0 Å². The van der Waals surface area contributed by atoms with E-state index in [1.165, 1.54) is 11.8 Å². The highest BCUT2D eigenvalue weighted by Gasteiger charge is 2.19. The number of carbonyl (C=O) groups excluding carboxylic acids is 1. The number of carbonyl (C=O) groups is 1. The summed E-state index contributed by atoms with van der Waals surface area (Å²) >= 11 is 1.49. The first-order chi connectivity index (χ1) is 14.8. The molecule has 0 atom stereocenters. The maximum Gasteiger partial charge on any atom is 0.254 e. The molecular weight excluding hydrogens is 412 g/mol. The first-order valence-corrected chi connectivity index (χ1v) is 10.9. The molecule has 4 aromatic rings. The Morgan fingerprint density at radius 1 is 1.16 bits per heavy atom. The Kier molecular flexibility index (Phi) is 5.77. The largest absolute Gasteiger partial charge is 0.361 e. The highest BCUT2D eigenvalue weighted by Crippen LogP contribution is 2.24. The third-order valence-electron chi connectivity index (χ3n) is 5.13. The molecule has 9 heteroatoms. The second kappa shape index (κ2) is 8.50. The molecule has 1 amide bonds. The molecule has 3 heterocycles. The first-order valence-electron chi connectivity index (χ1n) is 9.92. The van der Waals surface area contributed by atoms with Gasteiger partial charge in [-0.15, -0.1) is 5.10 Å². The van der Waals surface area contributed by atoms with Crippen LogP contribution in [-0.4, -0.2) is 42.6 Å². The van der Waals surface area contributed by atoms with Crippen molar-refractivity contribution in [3.63, 3.8) is 0 Å². The number of nitrogens with zero attached hydrogens (tertiary/aromatic N) is 6. The second-order valence-corrected chi connectivity index (χ2v) is 8.50. The Morgan fingerprint density at radius 3 is 2.68 bits per heavy atom. The summed E-state index contributed by atoms with van der Waals surface area (Å²) in [4.78, 5) is 23.8. The molecule has 0 saturated carbocycles. The van der Waals surface area contributed by atoms with Gasteiger partial charge < -0.3 is 9.42 Å². The van der Waals surface area contributed by atoms with E-state index in [2.05, 4.69) is 20.2 Å². The van der Waals surface area contributed by atoms with E-state index in [0.717, 1.165) is 34.0 Å². The molecule has 160 valence electrons. The molecule has 0 bridgehead atoms. The Labute approximate surface area is 184 Å². The van der Waals surface area contributed by atoms with Crippen LogP contribution in [0.15, 0.2) is 40.0 Å². The monoisotopic (exact) mass is 436 g/mol. The molecule has 1 aromatic carbocycles. The highest BCUT2D eigenvalue weighted by molar-refractivity contribution is 7.98. The lowest BCUT2D eigenvalue weighted by molar-refractivity contribution is 0.0783. The van der Waals surface area contributed by atoms with Gasteiger partial charge in [-0.25, -0.2) is 9.50 Å². The van der Waals surface area contributed by atoms with Crippen LogP contribution in [0.5, 0.6) is 0 Å². The summed E-state index contributed by atoms with van der Waals surface area (Å²) in [5.41, 5.74) is 5.23. The van der Waals surface area contributed by atoms with Crippen molar-refractivity contribution < 1.29 is 9.32 Å². The molecule has 0 spiro atoms. The van der Waals surface area contributed by atoms with Crippen LogP contribution in [0.1, 0.15) is 44.3 Å². The van der Waals surface area contributed by atoms with Crippen LogP contribution >= 0.6 is 11.8 Å². The summed E-state index contributed by atoms with van der Waals surface area (Å²) in [7, 11) is 1.79. The summed E-state index contributed by atoms with van der Waals surface area (Å²) in [6, 6.07) is 9.61. The molecule has 31 heavy (non-hydrogen) atoms. The van der Waals surface area contributed by atoms with E-state index in [9.17, 15) is 4.79 Å². The lowest BCUT2D eigenvalue weighted by Crippen LogP contribution is -2.27. The van der Waals surface area contributed by atoms with Gasteiger partial charge in [0.05, 0.1) is 12.2 Å². The van der Waals surface area contributed by atoms with Crippen molar-refractivity contribution in [2.75, 3.05) is 7.05 Å². The van der Waals surface area contributed by atoms with Gasteiger partial charge in [-0.2, -0.15) is 4.98 Å². The van der Waals surface area contributed by atoms with Crippen LogP contribution in [0, 0.1) is 27.7 Å². The molecule has 4 rings (SSSR count). The zero-order valence-electron chi connectivity index (χ0n) is 18.2. The fourth-order valence-corrected chi connectivity index (χ4v) is 4.27. The number of aryl methyl sites for hydroxylation is 4. The van der Waals surface area contributed by atoms with E-state index < -0.39 is 0 Å². The van der Waals surface area contributed by atoms with Crippen molar-refractivity contribution in [3.8, 4) is 0 Å². The van der Waals surface area contributed by atoms with Crippen LogP contribution in [0.2, 0.25) is 0 Å². The van der Waals surface area contributed by atoms with Crippen LogP contribution < -0.4 is 0 Å². The Balaban J connectivity index is 1.52. The standard InChI is InChI=1S/C22H24N6O2S/c1-13-10-14(2)28-21(23-13)24-22(25-28)31-12-17-8-6-7-9-18(17)20(29)27(5)11-19-15(3)26-30-16(19)4/h6-10H,11-12H2,1-5H3. The van der Waals surface area contributed by atoms with Crippen molar-refractivity contribution >= 4 is 23.4 Å². The summed E-state index contributed by atoms with van der Waals surface area (Å²) in [6.45, 7) is 8.11. The SMILES string of the molecule is Cc1cc(C)n2nc(SCc3ccccc3C(=O)N(C)Cc3c(C)noc3C)nc2n1. The highest BCUT2D eigenvalue weighted by atomic mass is 32.2. The van der Waals surface area contributed by atoms with E-state index in [-0.39, 0.29) is 5.91 Å². The molecule has 0 saturated heterocycles. The minimum atomic E-state index is -0.0488. The normalized spacial score (nSPS) is 11.3. The lowest BCUT2D eigenvalue weighted by atomic mass is 10.1. The molecule has 0 radical (unpaired) electrons. The number of fused-ring (bicyclic) bond motifs is 1. The number of benzene rings is 1. The number of hydrogen-bond donors (Lipinski definition) is 0. The van der Waals surface area contributed by atoms with Gasteiger partial charge in [-0.1, -0.05) is 35.1 Å². The third kappa shape index (κ3) is 4.32. The van der Waals surface area contributed by atoms with E-state index in [1.807, 2.05) is 58.0 Å². The zero-order valence-corrected chi connectivity index (χ0v) is 19.0. The molecule has 0 fully saturated rings. The topological polar surface area (TPSA) is 89.4 Å². The lowest BCUT2D eigenvalue weighted by Gasteiger charge is -2.19. The number of thioether (sulfide) groups is 1. The molecule has 0 unspecified atom stereocenters. The second-order valence-electron chi connectivity index (χ2n) is 7.55. The average molecular weight is 437 g/mol. The van der Waals surface area contributed by atoms with Gasteiger partial charge >= 0.3 is 0 Å². The fraction of sp³-hybridized carbons (Fsp3) is 0.318. The summed E-state index contributed by atoms with van der Waals surface area (Å²) in [6.07, 6.45) is 0. The molecule has 8 nitrogen and oxygen atoms in total. The Bertz CT molecular complexity index is 1240. The number of aromatic nitrogens is 5. The van der Waals surface area contributed by atoms with Gasteiger partial charge in [0.25, 0.3) is 11.7 Å². The van der Waals surface area contributed by atoms with Gasteiger partial charge in [-0.3, -0.25) is 4.79 Å². The minimum absolute atomic E-state index is 0.0488. The zero-order chi connectivity index (χ0) is 22.1. The first kappa shape index (κ1) is 21.0. The van der Waals surface area contributed by atoms with Gasteiger partial charge in [0.15, 0.2) is 0 Å². The number of hydrogen-bond acceptors (Lipinski definition) is 7. The van der Waals surface area contributed by atoms with Crippen LogP contribution in [0.3, 0.4) is 0 Å². The van der Waals surface area contributed by atoms with Crippen molar-refractivity contribution in [1.82, 2.24) is 29.6 Å². The molecule has 0 aliphatic rings. The van der Waals surface area contributed by atoms with E-state index in [1.54, 1.807) is 16.5 Å². The van der Waals surface area contributed by atoms with Crippen molar-refractivity contribution in [2.24, 2.45) is 0 Å². The number of amides is 1. The summed E-state index contributed by atoms with van der Waals surface area (Å²) < 4.78 is 6.96. The van der Waals surface area contributed by atoms with Gasteiger partial charge in [0.2, 0.25) is 5.16 Å². The summed E-state index contributed by atoms with van der Waals surface area (Å²) in [5.74, 6) is 1.85. The smallest absolute Gasteiger partial charge is 0.254 e. The van der Waals surface area contributed by atoms with Crippen molar-refractivity contribution in [1.29, 1.82) is 0 Å². The number of rotatable bonds is 6. The van der Waals surface area contributed by atoms with Crippen molar-refractivity contribution in [2.45, 2.75) is 45.1 Å². The molecule has 3 aromatic heterocycles. The average Bonchev–Trinajstić information content (AvgIpc) is 3.30. The van der Waals surface area contributed by atoms with Crippen LogP contribution in [-0.2, 0) is 12.3 Å². The quantitative estimate of drug-likeness (QED) is 0.423. The molecular formula is C22H24N6O2S. The van der Waals surface area contributed by atoms with Gasteiger partial charge in [0.1, 0.15) is 5.76 Å². The maximum absolute atomic E-state index is 13.2. The van der Waals surface area contributed by atoms with Crippen LogP contribution in [0.4, 0.5) is 0 Å². The summed E-state index contributed by atoms with van der Waals surface area (Å²) in [5, 5.41) is 9.15. The van der Waals surface area contributed by atoms with Gasteiger partial charge in [0, 0.05) is 35.3 Å². The minimum Gasteiger partial charge on any atom is -0.361 e. The van der Waals surface area contributed by atoms with Crippen molar-refractivity contribution in [3.05, 3.63) is 69.9 Å². The van der Waals surface area contributed by atoms with Gasteiger partial charge in [-0.05, 0) is 45.4 Å². The fourth-order valence-electron chi connectivity index (χ4n) is 3.45.